The molecule has 0 aliphatic carbocycles. The highest BCUT2D eigenvalue weighted by atomic mass is 32.1. The van der Waals surface area contributed by atoms with Gasteiger partial charge in [0.2, 0.25) is 5.12 Å². The summed E-state index contributed by atoms with van der Waals surface area (Å²) in [5.74, 6) is 0.380. The van der Waals surface area contributed by atoms with Crippen molar-refractivity contribution < 1.29 is 4.79 Å². The van der Waals surface area contributed by atoms with Crippen LogP contribution in [-0.2, 0) is 0 Å². The van der Waals surface area contributed by atoms with Gasteiger partial charge in [0.25, 0.3) is 0 Å². The maximum atomic E-state index is 10.8. The maximum absolute atomic E-state index is 10.8. The number of rotatable bonds is 2. The molecule has 0 atom stereocenters. The molecule has 0 aliphatic heterocycles. The first-order valence-electron chi connectivity index (χ1n) is 3.60. The number of aromatic nitrogens is 2. The summed E-state index contributed by atoms with van der Waals surface area (Å²) in [6.45, 7) is 3.88. The third-order valence-electron chi connectivity index (χ3n) is 1.55. The number of thiol groups is 1. The van der Waals surface area contributed by atoms with Gasteiger partial charge in [0, 0.05) is 6.04 Å². The largest absolute Gasteiger partial charge is 0.383 e. The van der Waals surface area contributed by atoms with Crippen LogP contribution in [0.4, 0.5) is 5.82 Å². The van der Waals surface area contributed by atoms with E-state index in [4.69, 9.17) is 5.73 Å². The van der Waals surface area contributed by atoms with Gasteiger partial charge >= 0.3 is 0 Å². The summed E-state index contributed by atoms with van der Waals surface area (Å²) in [6.07, 6.45) is 1.44. The Morgan fingerprint density at radius 3 is 2.58 bits per heavy atom. The van der Waals surface area contributed by atoms with Gasteiger partial charge in [0.1, 0.15) is 5.82 Å². The number of carbonyl (C=O) groups is 1. The second-order valence-corrected chi connectivity index (χ2v) is 3.19. The zero-order valence-corrected chi connectivity index (χ0v) is 7.88. The van der Waals surface area contributed by atoms with E-state index in [1.807, 2.05) is 13.8 Å². The van der Waals surface area contributed by atoms with Gasteiger partial charge in [-0.2, -0.15) is 5.10 Å². The minimum Gasteiger partial charge on any atom is -0.383 e. The summed E-state index contributed by atoms with van der Waals surface area (Å²) >= 11 is 3.67. The molecule has 12 heavy (non-hydrogen) atoms. The van der Waals surface area contributed by atoms with Gasteiger partial charge < -0.3 is 5.73 Å². The molecular weight excluding hydrogens is 174 g/mol. The molecule has 0 spiro atoms. The minimum atomic E-state index is -0.348. The molecule has 1 aromatic rings. The van der Waals surface area contributed by atoms with Crippen molar-refractivity contribution >= 4 is 23.6 Å². The number of nitrogens with zero attached hydrogens (tertiary/aromatic N) is 2. The normalized spacial score (nSPS) is 10.7. The monoisotopic (exact) mass is 185 g/mol. The summed E-state index contributed by atoms with van der Waals surface area (Å²) in [5.41, 5.74) is 6.00. The fourth-order valence-corrected chi connectivity index (χ4v) is 1.12. The first kappa shape index (κ1) is 9.12. The number of hydrogen-bond acceptors (Lipinski definition) is 3. The number of nitrogens with two attached hydrogens (primary N) is 1. The van der Waals surface area contributed by atoms with E-state index in [9.17, 15) is 4.79 Å². The van der Waals surface area contributed by atoms with E-state index in [1.54, 1.807) is 4.68 Å². The van der Waals surface area contributed by atoms with Crippen molar-refractivity contribution in [2.75, 3.05) is 5.73 Å². The van der Waals surface area contributed by atoms with Crippen LogP contribution in [0.25, 0.3) is 0 Å². The van der Waals surface area contributed by atoms with Crippen molar-refractivity contribution in [2.24, 2.45) is 0 Å². The van der Waals surface area contributed by atoms with Gasteiger partial charge in [-0.1, -0.05) is 0 Å². The number of hydrogen-bond donors (Lipinski definition) is 2. The second-order valence-electron chi connectivity index (χ2n) is 2.79. The Labute approximate surface area is 76.2 Å². The lowest BCUT2D eigenvalue weighted by Crippen LogP contribution is -2.08. The molecule has 1 aromatic heterocycles. The van der Waals surface area contributed by atoms with E-state index < -0.39 is 0 Å². The molecule has 0 bridgehead atoms. The molecule has 1 rings (SSSR count). The molecule has 4 nitrogen and oxygen atoms in total. The molecule has 0 saturated heterocycles. The van der Waals surface area contributed by atoms with Crippen molar-refractivity contribution in [3.8, 4) is 0 Å². The summed E-state index contributed by atoms with van der Waals surface area (Å²) in [5, 5.41) is 3.61. The Morgan fingerprint density at radius 2 is 2.33 bits per heavy atom. The van der Waals surface area contributed by atoms with Crippen LogP contribution in [0, 0.1) is 0 Å². The fourth-order valence-electron chi connectivity index (χ4n) is 0.948. The summed E-state index contributed by atoms with van der Waals surface area (Å²) < 4.78 is 1.59. The molecule has 1 heterocycles. The third kappa shape index (κ3) is 1.45. The van der Waals surface area contributed by atoms with E-state index in [0.29, 0.717) is 11.4 Å². The fraction of sp³-hybridized carbons (Fsp3) is 0.429. The Morgan fingerprint density at radius 1 is 1.75 bits per heavy atom. The zero-order chi connectivity index (χ0) is 9.30. The molecule has 0 saturated carbocycles. The van der Waals surface area contributed by atoms with E-state index in [0.717, 1.165) is 0 Å². The Kier molecular flexibility index (Phi) is 2.42. The Hall–Kier alpha value is -0.970. The Balaban J connectivity index is 3.13. The first-order valence-corrected chi connectivity index (χ1v) is 4.05. The SMILES string of the molecule is CC(C)n1ncc(C(=O)S)c1N. The highest BCUT2D eigenvalue weighted by Crippen LogP contribution is 2.17. The van der Waals surface area contributed by atoms with Crippen LogP contribution in [0.1, 0.15) is 30.2 Å². The molecule has 0 amide bonds. The van der Waals surface area contributed by atoms with Gasteiger partial charge in [-0.25, -0.2) is 4.68 Å². The zero-order valence-electron chi connectivity index (χ0n) is 6.98. The topological polar surface area (TPSA) is 60.9 Å². The van der Waals surface area contributed by atoms with Crippen LogP contribution in [0.15, 0.2) is 6.20 Å². The predicted octanol–water partition coefficient (Wildman–Crippen LogP) is 1.12. The standard InChI is InChI=1S/C7H11N3OS/c1-4(2)10-6(8)5(3-9-10)7(11)12/h3-4H,8H2,1-2H3,(H,11,12). The molecule has 0 aliphatic rings. The summed E-state index contributed by atoms with van der Waals surface area (Å²) in [4.78, 5) is 10.8. The molecule has 0 fully saturated rings. The summed E-state index contributed by atoms with van der Waals surface area (Å²) in [7, 11) is 0. The quantitative estimate of drug-likeness (QED) is 0.679. The predicted molar refractivity (Wildman–Crippen MR) is 50.3 cm³/mol. The van der Waals surface area contributed by atoms with E-state index >= 15 is 0 Å². The lowest BCUT2D eigenvalue weighted by Gasteiger charge is -2.06. The maximum Gasteiger partial charge on any atom is 0.221 e. The lowest BCUT2D eigenvalue weighted by molar-refractivity contribution is 0.109. The molecule has 66 valence electrons. The minimum absolute atomic E-state index is 0.159. The van der Waals surface area contributed by atoms with Crippen LogP contribution in [-0.4, -0.2) is 14.9 Å². The van der Waals surface area contributed by atoms with E-state index in [1.165, 1.54) is 6.20 Å². The van der Waals surface area contributed by atoms with Crippen molar-refractivity contribution in [3.05, 3.63) is 11.8 Å². The van der Waals surface area contributed by atoms with Gasteiger partial charge in [-0.15, -0.1) is 12.6 Å². The van der Waals surface area contributed by atoms with Crippen LogP contribution in [0.3, 0.4) is 0 Å². The van der Waals surface area contributed by atoms with Gasteiger partial charge in [-0.3, -0.25) is 4.79 Å². The van der Waals surface area contributed by atoms with Crippen LogP contribution < -0.4 is 5.73 Å². The van der Waals surface area contributed by atoms with Gasteiger partial charge in [0.15, 0.2) is 0 Å². The van der Waals surface area contributed by atoms with Crippen LogP contribution in [0.5, 0.6) is 0 Å². The average Bonchev–Trinajstić information content (AvgIpc) is 2.30. The second kappa shape index (κ2) is 3.18. The molecule has 0 unspecified atom stereocenters. The third-order valence-corrected chi connectivity index (χ3v) is 1.79. The highest BCUT2D eigenvalue weighted by molar-refractivity contribution is 7.97. The highest BCUT2D eigenvalue weighted by Gasteiger charge is 2.12. The molecule has 0 radical (unpaired) electrons. The van der Waals surface area contributed by atoms with Crippen molar-refractivity contribution in [1.82, 2.24) is 9.78 Å². The molecule has 0 aromatic carbocycles. The van der Waals surface area contributed by atoms with Gasteiger partial charge in [-0.05, 0) is 13.8 Å². The van der Waals surface area contributed by atoms with Crippen LogP contribution in [0.2, 0.25) is 0 Å². The van der Waals surface area contributed by atoms with E-state index in [-0.39, 0.29) is 11.2 Å². The number of nitrogen functional groups attached to an aromatic ring is 1. The summed E-state index contributed by atoms with van der Waals surface area (Å²) in [6, 6.07) is 0.159. The van der Waals surface area contributed by atoms with Crippen molar-refractivity contribution in [3.63, 3.8) is 0 Å². The Bertz CT molecular complexity index is 306. The van der Waals surface area contributed by atoms with Gasteiger partial charge in [0.05, 0.1) is 11.8 Å². The smallest absolute Gasteiger partial charge is 0.221 e. The molecular formula is C7H11N3OS. The number of carbonyl (C=O) groups excluding carboxylic acids is 1. The van der Waals surface area contributed by atoms with E-state index in [2.05, 4.69) is 17.7 Å². The lowest BCUT2D eigenvalue weighted by atomic mass is 10.3. The average molecular weight is 185 g/mol. The van der Waals surface area contributed by atoms with Crippen molar-refractivity contribution in [1.29, 1.82) is 0 Å². The number of anilines is 1. The van der Waals surface area contributed by atoms with Crippen molar-refractivity contribution in [2.45, 2.75) is 19.9 Å². The molecule has 5 heteroatoms. The first-order chi connectivity index (χ1) is 5.54. The molecule has 2 N–H and O–H groups in total. The van der Waals surface area contributed by atoms with Crippen LogP contribution >= 0.6 is 12.6 Å².